The normalized spacial score (nSPS) is 15.4. The molecule has 6 rings (SSSR count). The number of benzene rings is 4. The van der Waals surface area contributed by atoms with Crippen molar-refractivity contribution in [2.24, 2.45) is 0 Å². The number of rotatable bonds is 4. The van der Waals surface area contributed by atoms with E-state index < -0.39 is 0 Å². The van der Waals surface area contributed by atoms with Crippen LogP contribution in [-0.4, -0.2) is 23.5 Å². The Labute approximate surface area is 202 Å². The van der Waals surface area contributed by atoms with E-state index in [1.165, 1.54) is 4.90 Å². The maximum atomic E-state index is 13.6. The van der Waals surface area contributed by atoms with Crippen molar-refractivity contribution in [1.29, 1.82) is 0 Å². The Balaban J connectivity index is 1.35. The fourth-order valence-corrected chi connectivity index (χ4v) is 4.48. The molecule has 2 amide bonds. The minimum Gasteiger partial charge on any atom is -0.454 e. The number of hydrogen-bond donors (Lipinski definition) is 0. The van der Waals surface area contributed by atoms with Gasteiger partial charge in [0.15, 0.2) is 11.5 Å². The molecule has 0 unspecified atom stereocenters. The Hall–Kier alpha value is -4.64. The van der Waals surface area contributed by atoms with Gasteiger partial charge in [-0.15, -0.1) is 0 Å². The predicted octanol–water partition coefficient (Wildman–Crippen LogP) is 5.81. The molecule has 0 aliphatic carbocycles. The summed E-state index contributed by atoms with van der Waals surface area (Å²) in [5.41, 5.74) is 5.57. The molecule has 5 heteroatoms. The van der Waals surface area contributed by atoms with Gasteiger partial charge in [0.25, 0.3) is 11.8 Å². The molecule has 0 bridgehead atoms. The summed E-state index contributed by atoms with van der Waals surface area (Å²) in [6, 6.07) is 30.9. The Morgan fingerprint density at radius 2 is 1.37 bits per heavy atom. The molecule has 0 radical (unpaired) electrons. The molecule has 5 nitrogen and oxygen atoms in total. The summed E-state index contributed by atoms with van der Waals surface area (Å²) in [5.74, 6) is 0.655. The molecule has 2 aliphatic heterocycles. The summed E-state index contributed by atoms with van der Waals surface area (Å²) >= 11 is 0. The molecule has 0 fully saturated rings. The second-order valence-electron chi connectivity index (χ2n) is 8.48. The van der Waals surface area contributed by atoms with Crippen LogP contribution in [0.25, 0.3) is 22.8 Å². The molecule has 0 aromatic heterocycles. The topological polar surface area (TPSA) is 55.8 Å². The van der Waals surface area contributed by atoms with Crippen molar-refractivity contribution >= 4 is 23.5 Å². The van der Waals surface area contributed by atoms with Gasteiger partial charge in [-0.05, 0) is 52.1 Å². The number of imide groups is 1. The summed E-state index contributed by atoms with van der Waals surface area (Å²) in [4.78, 5) is 28.2. The number of ether oxygens (including phenoxy) is 2. The summed E-state index contributed by atoms with van der Waals surface area (Å²) in [5, 5.41) is 0. The van der Waals surface area contributed by atoms with E-state index in [4.69, 9.17) is 9.47 Å². The van der Waals surface area contributed by atoms with E-state index in [1.807, 2.05) is 78.9 Å². The molecule has 4 aromatic rings. The van der Waals surface area contributed by atoms with Gasteiger partial charge >= 0.3 is 0 Å². The Morgan fingerprint density at radius 1 is 0.686 bits per heavy atom. The van der Waals surface area contributed by atoms with Gasteiger partial charge in [0, 0.05) is 11.1 Å². The molecule has 170 valence electrons. The average molecular weight is 460 g/mol. The van der Waals surface area contributed by atoms with E-state index in [0.29, 0.717) is 28.2 Å². The minimum absolute atomic E-state index is 0.146. The first kappa shape index (κ1) is 20.9. The lowest BCUT2D eigenvalue weighted by molar-refractivity contribution is -0.123. The fourth-order valence-electron chi connectivity index (χ4n) is 4.48. The molecule has 0 spiro atoms. The molecular weight excluding hydrogens is 438 g/mol. The number of carbonyl (C=O) groups is 2. The highest BCUT2D eigenvalue weighted by atomic mass is 16.7. The molecule has 2 heterocycles. The molecule has 4 aromatic carbocycles. The summed E-state index contributed by atoms with van der Waals surface area (Å²) < 4.78 is 10.8. The van der Waals surface area contributed by atoms with E-state index >= 15 is 0 Å². The first-order valence-electron chi connectivity index (χ1n) is 11.4. The van der Waals surface area contributed by atoms with Crippen molar-refractivity contribution in [2.75, 3.05) is 6.79 Å². The van der Waals surface area contributed by atoms with E-state index in [0.717, 1.165) is 22.3 Å². The third kappa shape index (κ3) is 3.87. The van der Waals surface area contributed by atoms with Crippen LogP contribution in [0.1, 0.15) is 27.0 Å². The van der Waals surface area contributed by atoms with Crippen molar-refractivity contribution in [2.45, 2.75) is 6.54 Å². The van der Waals surface area contributed by atoms with Crippen LogP contribution in [0.4, 0.5) is 0 Å². The van der Waals surface area contributed by atoms with Crippen molar-refractivity contribution in [3.63, 3.8) is 0 Å². The lowest BCUT2D eigenvalue weighted by atomic mass is 9.91. The Bertz CT molecular complexity index is 1470. The largest absolute Gasteiger partial charge is 0.454 e. The fraction of sp³-hybridized carbons (Fsp3) is 0.0667. The first-order chi connectivity index (χ1) is 17.2. The van der Waals surface area contributed by atoms with E-state index in [1.54, 1.807) is 12.1 Å². The van der Waals surface area contributed by atoms with Crippen molar-refractivity contribution < 1.29 is 19.1 Å². The molecule has 0 atom stereocenters. The Kier molecular flexibility index (Phi) is 5.15. The standard InChI is InChI=1S/C30H21NO4/c32-29-25-9-5-4-8-24(25)26(16-20-10-13-23(14-11-20)22-6-2-1-3-7-22)30(33)31(29)18-21-12-15-27-28(17-21)35-19-34-27/h1-17H,18-19H2/b26-16+. The van der Waals surface area contributed by atoms with Gasteiger partial charge in [-0.3, -0.25) is 14.5 Å². The molecular formula is C30H21NO4. The van der Waals surface area contributed by atoms with Crippen LogP contribution in [0, 0.1) is 0 Å². The van der Waals surface area contributed by atoms with Gasteiger partial charge < -0.3 is 9.47 Å². The van der Waals surface area contributed by atoms with Crippen molar-refractivity contribution in [3.8, 4) is 22.6 Å². The smallest absolute Gasteiger partial charge is 0.261 e. The van der Waals surface area contributed by atoms with Crippen LogP contribution in [0.3, 0.4) is 0 Å². The molecule has 0 N–H and O–H groups in total. The third-order valence-electron chi connectivity index (χ3n) is 6.27. The average Bonchev–Trinajstić information content (AvgIpc) is 3.38. The highest BCUT2D eigenvalue weighted by molar-refractivity contribution is 6.33. The highest BCUT2D eigenvalue weighted by Gasteiger charge is 2.34. The minimum atomic E-state index is -0.321. The quantitative estimate of drug-likeness (QED) is 0.286. The monoisotopic (exact) mass is 459 g/mol. The molecule has 0 saturated heterocycles. The van der Waals surface area contributed by atoms with Crippen LogP contribution >= 0.6 is 0 Å². The van der Waals surface area contributed by atoms with Crippen LogP contribution in [0.5, 0.6) is 11.5 Å². The highest BCUT2D eigenvalue weighted by Crippen LogP contribution is 2.35. The molecule has 2 aliphatic rings. The van der Waals surface area contributed by atoms with Crippen LogP contribution < -0.4 is 9.47 Å². The second-order valence-corrected chi connectivity index (χ2v) is 8.48. The predicted molar refractivity (Wildman–Crippen MR) is 134 cm³/mol. The van der Waals surface area contributed by atoms with Gasteiger partial charge in [0.2, 0.25) is 6.79 Å². The maximum Gasteiger partial charge on any atom is 0.261 e. The summed E-state index contributed by atoms with van der Waals surface area (Å²) in [7, 11) is 0. The molecule has 0 saturated carbocycles. The van der Waals surface area contributed by atoms with Crippen LogP contribution in [-0.2, 0) is 11.3 Å². The number of amides is 2. The first-order valence-corrected chi connectivity index (χ1v) is 11.4. The zero-order chi connectivity index (χ0) is 23.8. The van der Waals surface area contributed by atoms with Crippen molar-refractivity contribution in [3.05, 3.63) is 119 Å². The number of fused-ring (bicyclic) bond motifs is 2. The van der Waals surface area contributed by atoms with Gasteiger partial charge in [-0.1, -0.05) is 78.9 Å². The number of hydrogen-bond acceptors (Lipinski definition) is 4. The Morgan fingerprint density at radius 3 is 2.17 bits per heavy atom. The maximum absolute atomic E-state index is 13.6. The van der Waals surface area contributed by atoms with Crippen LogP contribution in [0.2, 0.25) is 0 Å². The third-order valence-corrected chi connectivity index (χ3v) is 6.27. The van der Waals surface area contributed by atoms with E-state index in [-0.39, 0.29) is 25.2 Å². The molecule has 35 heavy (non-hydrogen) atoms. The van der Waals surface area contributed by atoms with E-state index in [9.17, 15) is 9.59 Å². The van der Waals surface area contributed by atoms with Gasteiger partial charge in [-0.25, -0.2) is 0 Å². The number of nitrogens with zero attached hydrogens (tertiary/aromatic N) is 1. The van der Waals surface area contributed by atoms with Gasteiger partial charge in [0.05, 0.1) is 6.54 Å². The van der Waals surface area contributed by atoms with Gasteiger partial charge in [0.1, 0.15) is 0 Å². The lowest BCUT2D eigenvalue weighted by Gasteiger charge is -2.29. The van der Waals surface area contributed by atoms with Crippen LogP contribution in [0.15, 0.2) is 97.1 Å². The zero-order valence-corrected chi connectivity index (χ0v) is 18.8. The zero-order valence-electron chi connectivity index (χ0n) is 18.8. The van der Waals surface area contributed by atoms with Crippen molar-refractivity contribution in [1.82, 2.24) is 4.90 Å². The SMILES string of the molecule is O=C1/C(=C/c2ccc(-c3ccccc3)cc2)c2ccccc2C(=O)N1Cc1ccc2c(c1)OCO2. The number of carbonyl (C=O) groups excluding carboxylic acids is 2. The second kappa shape index (κ2) is 8.61. The summed E-state index contributed by atoms with van der Waals surface area (Å²) in [6.07, 6.45) is 1.86. The van der Waals surface area contributed by atoms with E-state index in [2.05, 4.69) is 12.1 Å². The van der Waals surface area contributed by atoms with Gasteiger partial charge in [-0.2, -0.15) is 0 Å². The lowest BCUT2D eigenvalue weighted by Crippen LogP contribution is -2.41. The summed E-state index contributed by atoms with van der Waals surface area (Å²) in [6.45, 7) is 0.316.